The van der Waals surface area contributed by atoms with Crippen molar-refractivity contribution in [1.82, 2.24) is 10.6 Å². The molecule has 0 aliphatic carbocycles. The van der Waals surface area contributed by atoms with Gasteiger partial charge in [-0.25, -0.2) is 0 Å². The summed E-state index contributed by atoms with van der Waals surface area (Å²) in [6.07, 6.45) is 0. The molecule has 2 aromatic carbocycles. The van der Waals surface area contributed by atoms with Gasteiger partial charge in [0.15, 0.2) is 0 Å². The monoisotopic (exact) mass is 324 g/mol. The van der Waals surface area contributed by atoms with E-state index in [0.29, 0.717) is 12.1 Å². The van der Waals surface area contributed by atoms with Gasteiger partial charge < -0.3 is 10.6 Å². The Hall–Kier alpha value is -2.62. The van der Waals surface area contributed by atoms with E-state index in [2.05, 4.69) is 28.8 Å². The Morgan fingerprint density at radius 1 is 1.04 bits per heavy atom. The predicted octanol–water partition coefficient (Wildman–Crippen LogP) is 3.43. The topological polar surface area (TPSA) is 58.2 Å². The van der Waals surface area contributed by atoms with Crippen molar-refractivity contribution in [2.45, 2.75) is 40.3 Å². The van der Waals surface area contributed by atoms with Gasteiger partial charge in [0.1, 0.15) is 0 Å². The van der Waals surface area contributed by atoms with E-state index in [-0.39, 0.29) is 17.9 Å². The lowest BCUT2D eigenvalue weighted by atomic mass is 9.99. The summed E-state index contributed by atoms with van der Waals surface area (Å²) in [5, 5.41) is 5.78. The smallest absolute Gasteiger partial charge is 0.251 e. The fraction of sp³-hybridized carbons (Fsp3) is 0.300. The number of hydrogen-bond donors (Lipinski definition) is 2. The Kier molecular flexibility index (Phi) is 5.74. The summed E-state index contributed by atoms with van der Waals surface area (Å²) >= 11 is 0. The molecule has 0 heterocycles. The van der Waals surface area contributed by atoms with E-state index in [9.17, 15) is 9.59 Å². The van der Waals surface area contributed by atoms with Gasteiger partial charge in [0.25, 0.3) is 5.91 Å². The van der Waals surface area contributed by atoms with Gasteiger partial charge in [0.2, 0.25) is 5.91 Å². The molecule has 2 amide bonds. The van der Waals surface area contributed by atoms with Crippen LogP contribution in [-0.4, -0.2) is 11.8 Å². The van der Waals surface area contributed by atoms with Crippen LogP contribution in [0.5, 0.6) is 0 Å². The Morgan fingerprint density at radius 2 is 1.71 bits per heavy atom. The second kappa shape index (κ2) is 7.77. The molecule has 4 heteroatoms. The zero-order valence-electron chi connectivity index (χ0n) is 14.6. The standard InChI is InChI=1S/C20H24N2O2/c1-13-5-6-14(2)19(11-13)15(3)22-20(24)18-9-7-17(8-10-18)12-21-16(4)23/h5-11,15H,12H2,1-4H3,(H,21,23)(H,22,24)/t15-/m0/s1. The van der Waals surface area contributed by atoms with Gasteiger partial charge in [-0.1, -0.05) is 35.9 Å². The Morgan fingerprint density at radius 3 is 2.33 bits per heavy atom. The van der Waals surface area contributed by atoms with Crippen molar-refractivity contribution in [2.75, 3.05) is 0 Å². The molecule has 0 unspecified atom stereocenters. The van der Waals surface area contributed by atoms with Gasteiger partial charge in [-0.05, 0) is 49.6 Å². The lowest BCUT2D eigenvalue weighted by Gasteiger charge is -2.17. The van der Waals surface area contributed by atoms with Crippen molar-refractivity contribution < 1.29 is 9.59 Å². The first-order valence-corrected chi connectivity index (χ1v) is 8.08. The zero-order chi connectivity index (χ0) is 17.7. The van der Waals surface area contributed by atoms with E-state index >= 15 is 0 Å². The third-order valence-corrected chi connectivity index (χ3v) is 4.01. The van der Waals surface area contributed by atoms with E-state index in [4.69, 9.17) is 0 Å². The molecule has 0 radical (unpaired) electrons. The minimum absolute atomic E-state index is 0.0588. The highest BCUT2D eigenvalue weighted by Gasteiger charge is 2.13. The molecule has 2 aromatic rings. The van der Waals surface area contributed by atoms with Crippen LogP contribution in [0.1, 0.15) is 52.5 Å². The van der Waals surface area contributed by atoms with Gasteiger partial charge in [0, 0.05) is 19.0 Å². The van der Waals surface area contributed by atoms with E-state index in [1.54, 1.807) is 12.1 Å². The largest absolute Gasteiger partial charge is 0.352 e. The molecule has 0 aliphatic heterocycles. The summed E-state index contributed by atoms with van der Waals surface area (Å²) < 4.78 is 0. The molecule has 0 saturated carbocycles. The second-order valence-corrected chi connectivity index (χ2v) is 6.16. The van der Waals surface area contributed by atoms with Crippen molar-refractivity contribution in [1.29, 1.82) is 0 Å². The van der Waals surface area contributed by atoms with Crippen LogP contribution in [0, 0.1) is 13.8 Å². The van der Waals surface area contributed by atoms with Crippen molar-refractivity contribution in [3.8, 4) is 0 Å². The quantitative estimate of drug-likeness (QED) is 0.885. The molecule has 0 aromatic heterocycles. The lowest BCUT2D eigenvalue weighted by Crippen LogP contribution is -2.27. The molecule has 0 saturated heterocycles. The molecule has 126 valence electrons. The van der Waals surface area contributed by atoms with Crippen LogP contribution in [0.15, 0.2) is 42.5 Å². The summed E-state index contributed by atoms with van der Waals surface area (Å²) in [6.45, 7) is 8.04. The maximum Gasteiger partial charge on any atom is 0.251 e. The summed E-state index contributed by atoms with van der Waals surface area (Å²) in [6, 6.07) is 13.5. The maximum absolute atomic E-state index is 12.4. The maximum atomic E-state index is 12.4. The molecule has 0 bridgehead atoms. The third kappa shape index (κ3) is 4.69. The molecular weight excluding hydrogens is 300 g/mol. The average Bonchev–Trinajstić information content (AvgIpc) is 2.55. The highest BCUT2D eigenvalue weighted by atomic mass is 16.2. The zero-order valence-corrected chi connectivity index (χ0v) is 14.6. The number of aryl methyl sites for hydroxylation is 2. The Bertz CT molecular complexity index is 736. The number of hydrogen-bond acceptors (Lipinski definition) is 2. The van der Waals surface area contributed by atoms with Crippen molar-refractivity contribution >= 4 is 11.8 Å². The van der Waals surface area contributed by atoms with Gasteiger partial charge in [-0.2, -0.15) is 0 Å². The fourth-order valence-corrected chi connectivity index (χ4v) is 2.58. The van der Waals surface area contributed by atoms with E-state index < -0.39 is 0 Å². The molecule has 0 fully saturated rings. The van der Waals surface area contributed by atoms with Crippen LogP contribution in [0.4, 0.5) is 0 Å². The van der Waals surface area contributed by atoms with Crippen LogP contribution in [0.2, 0.25) is 0 Å². The molecule has 0 aliphatic rings. The van der Waals surface area contributed by atoms with Gasteiger partial charge in [0.05, 0.1) is 6.04 Å². The molecule has 24 heavy (non-hydrogen) atoms. The van der Waals surface area contributed by atoms with Crippen molar-refractivity contribution in [2.24, 2.45) is 0 Å². The first-order valence-electron chi connectivity index (χ1n) is 8.08. The number of carbonyl (C=O) groups excluding carboxylic acids is 2. The fourth-order valence-electron chi connectivity index (χ4n) is 2.58. The Balaban J connectivity index is 2.03. The van der Waals surface area contributed by atoms with Crippen LogP contribution in [-0.2, 0) is 11.3 Å². The van der Waals surface area contributed by atoms with Crippen LogP contribution in [0.25, 0.3) is 0 Å². The van der Waals surface area contributed by atoms with Gasteiger partial charge >= 0.3 is 0 Å². The van der Waals surface area contributed by atoms with Gasteiger partial charge in [-0.15, -0.1) is 0 Å². The van der Waals surface area contributed by atoms with E-state index in [1.165, 1.54) is 18.1 Å². The average molecular weight is 324 g/mol. The van der Waals surface area contributed by atoms with Crippen LogP contribution < -0.4 is 10.6 Å². The third-order valence-electron chi connectivity index (χ3n) is 4.01. The Labute approximate surface area is 143 Å². The molecule has 2 rings (SSSR count). The number of nitrogens with one attached hydrogen (secondary N) is 2. The van der Waals surface area contributed by atoms with Crippen molar-refractivity contribution in [3.63, 3.8) is 0 Å². The summed E-state index contributed by atoms with van der Waals surface area (Å²) in [5.41, 5.74) is 5.05. The van der Waals surface area contributed by atoms with E-state index in [1.807, 2.05) is 32.9 Å². The normalized spacial score (nSPS) is 11.7. The minimum Gasteiger partial charge on any atom is -0.352 e. The molecular formula is C20H24N2O2. The summed E-state index contributed by atoms with van der Waals surface area (Å²) in [5.74, 6) is -0.173. The van der Waals surface area contributed by atoms with Crippen LogP contribution >= 0.6 is 0 Å². The number of amides is 2. The molecule has 4 nitrogen and oxygen atoms in total. The SMILES string of the molecule is CC(=O)NCc1ccc(C(=O)N[C@@H](C)c2cc(C)ccc2C)cc1. The second-order valence-electron chi connectivity index (χ2n) is 6.16. The van der Waals surface area contributed by atoms with Gasteiger partial charge in [-0.3, -0.25) is 9.59 Å². The van der Waals surface area contributed by atoms with E-state index in [0.717, 1.165) is 11.1 Å². The van der Waals surface area contributed by atoms with Crippen molar-refractivity contribution in [3.05, 3.63) is 70.3 Å². The highest BCUT2D eigenvalue weighted by molar-refractivity contribution is 5.94. The minimum atomic E-state index is -0.102. The predicted molar refractivity (Wildman–Crippen MR) is 95.8 cm³/mol. The molecule has 0 spiro atoms. The number of rotatable bonds is 5. The molecule has 2 N–H and O–H groups in total. The summed E-state index contributed by atoms with van der Waals surface area (Å²) in [7, 11) is 0. The first-order chi connectivity index (χ1) is 11.4. The first kappa shape index (κ1) is 17.7. The van der Waals surface area contributed by atoms with Crippen LogP contribution in [0.3, 0.4) is 0 Å². The number of benzene rings is 2. The number of carbonyl (C=O) groups is 2. The highest BCUT2D eigenvalue weighted by Crippen LogP contribution is 2.19. The summed E-state index contributed by atoms with van der Waals surface area (Å²) in [4.78, 5) is 23.3. The molecule has 1 atom stereocenters. The lowest BCUT2D eigenvalue weighted by molar-refractivity contribution is -0.119.